The highest BCUT2D eigenvalue weighted by molar-refractivity contribution is 7.89. The highest BCUT2D eigenvalue weighted by Crippen LogP contribution is 2.26. The van der Waals surface area contributed by atoms with Crippen LogP contribution in [0.5, 0.6) is 5.75 Å². The number of anilines is 1. The quantitative estimate of drug-likeness (QED) is 0.852. The molecule has 1 aromatic rings. The Morgan fingerprint density at radius 2 is 1.96 bits per heavy atom. The zero-order chi connectivity index (χ0) is 18.7. The minimum atomic E-state index is -4.81. The van der Waals surface area contributed by atoms with Gasteiger partial charge in [-0.1, -0.05) is 6.07 Å². The molecule has 0 atom stereocenters. The van der Waals surface area contributed by atoms with Gasteiger partial charge in [0.25, 0.3) is 0 Å². The molecule has 1 fully saturated rings. The number of carbonyl (C=O) groups excluding carboxylic acids is 1. The molecule has 1 aliphatic heterocycles. The van der Waals surface area contributed by atoms with Gasteiger partial charge in [-0.2, -0.15) is 0 Å². The van der Waals surface area contributed by atoms with Crippen molar-refractivity contribution in [3.05, 3.63) is 24.3 Å². The number of amides is 1. The third-order valence-electron chi connectivity index (χ3n) is 3.92. The van der Waals surface area contributed by atoms with Crippen molar-refractivity contribution >= 4 is 21.6 Å². The van der Waals surface area contributed by atoms with Crippen LogP contribution in [0, 0.1) is 5.92 Å². The van der Waals surface area contributed by atoms with Crippen LogP contribution >= 0.6 is 0 Å². The van der Waals surface area contributed by atoms with Gasteiger partial charge in [-0.15, -0.1) is 13.2 Å². The van der Waals surface area contributed by atoms with Crippen LogP contribution in [0.15, 0.2) is 24.3 Å². The number of piperidine rings is 1. The van der Waals surface area contributed by atoms with Crippen molar-refractivity contribution < 1.29 is 31.1 Å². The lowest BCUT2D eigenvalue weighted by Gasteiger charge is -2.30. The van der Waals surface area contributed by atoms with E-state index in [0.29, 0.717) is 12.8 Å². The van der Waals surface area contributed by atoms with E-state index in [0.717, 1.165) is 12.1 Å². The summed E-state index contributed by atoms with van der Waals surface area (Å²) in [6.07, 6.45) is -4.08. The monoisotopic (exact) mass is 380 g/mol. The van der Waals surface area contributed by atoms with Crippen LogP contribution in [0.1, 0.15) is 19.8 Å². The van der Waals surface area contributed by atoms with E-state index < -0.39 is 28.1 Å². The van der Waals surface area contributed by atoms with Crippen LogP contribution in [0.3, 0.4) is 0 Å². The highest BCUT2D eigenvalue weighted by Gasteiger charge is 2.32. The summed E-state index contributed by atoms with van der Waals surface area (Å²) in [5.74, 6) is -1.15. The first-order valence-corrected chi connectivity index (χ1v) is 9.36. The molecule has 6 nitrogen and oxygen atoms in total. The van der Waals surface area contributed by atoms with Gasteiger partial charge >= 0.3 is 6.36 Å². The number of ether oxygens (including phenoxy) is 1. The van der Waals surface area contributed by atoms with Crippen LogP contribution in [-0.4, -0.2) is 43.8 Å². The Balaban J connectivity index is 1.94. The van der Waals surface area contributed by atoms with Crippen LogP contribution in [0.4, 0.5) is 18.9 Å². The molecular formula is C15H19F3N2O4S. The van der Waals surface area contributed by atoms with Gasteiger partial charge in [0.15, 0.2) is 0 Å². The summed E-state index contributed by atoms with van der Waals surface area (Å²) in [4.78, 5) is 12.2. The predicted octanol–water partition coefficient (Wildman–Crippen LogP) is 2.59. The minimum Gasteiger partial charge on any atom is -0.406 e. The second-order valence-corrected chi connectivity index (χ2v) is 7.90. The number of halogens is 3. The summed E-state index contributed by atoms with van der Waals surface area (Å²) < 4.78 is 65.4. The maximum Gasteiger partial charge on any atom is 0.573 e. The fourth-order valence-corrected chi connectivity index (χ4v) is 3.73. The maximum absolute atomic E-state index is 12.2. The number of sulfonamides is 1. The average molecular weight is 380 g/mol. The van der Waals surface area contributed by atoms with E-state index in [1.54, 1.807) is 6.92 Å². The molecule has 1 N–H and O–H groups in total. The molecule has 1 heterocycles. The number of nitrogens with zero attached hydrogens (tertiary/aromatic N) is 1. The molecule has 140 valence electrons. The third-order valence-corrected chi connectivity index (χ3v) is 5.80. The van der Waals surface area contributed by atoms with Gasteiger partial charge in [-0.3, -0.25) is 4.79 Å². The first-order valence-electron chi connectivity index (χ1n) is 7.75. The van der Waals surface area contributed by atoms with Crippen molar-refractivity contribution in [2.75, 3.05) is 24.2 Å². The molecule has 1 aromatic carbocycles. The predicted molar refractivity (Wildman–Crippen MR) is 85.5 cm³/mol. The summed E-state index contributed by atoms with van der Waals surface area (Å²) in [6.45, 7) is 2.07. The van der Waals surface area contributed by atoms with E-state index in [1.165, 1.54) is 16.4 Å². The van der Waals surface area contributed by atoms with Crippen LogP contribution < -0.4 is 10.1 Å². The second kappa shape index (κ2) is 7.61. The zero-order valence-corrected chi connectivity index (χ0v) is 14.4. The number of hydrogen-bond donors (Lipinski definition) is 1. The number of benzene rings is 1. The summed E-state index contributed by atoms with van der Waals surface area (Å²) in [5, 5.41) is 2.55. The average Bonchev–Trinajstić information content (AvgIpc) is 2.53. The van der Waals surface area contributed by atoms with Gasteiger partial charge in [0.05, 0.1) is 5.75 Å². The maximum atomic E-state index is 12.2. The van der Waals surface area contributed by atoms with Gasteiger partial charge in [0.1, 0.15) is 5.75 Å². The SMILES string of the molecule is CCS(=O)(=O)N1CCC(C(=O)Nc2cccc(OC(F)(F)F)c2)CC1. The molecule has 25 heavy (non-hydrogen) atoms. The molecule has 0 saturated carbocycles. The minimum absolute atomic E-state index is 0.00978. The summed E-state index contributed by atoms with van der Waals surface area (Å²) in [6, 6.07) is 5.02. The standard InChI is InChI=1S/C15H19F3N2O4S/c1-2-25(22,23)20-8-6-11(7-9-20)14(21)19-12-4-3-5-13(10-12)24-15(16,17)18/h3-5,10-11H,2,6-9H2,1H3,(H,19,21). The molecule has 1 aliphatic rings. The largest absolute Gasteiger partial charge is 0.573 e. The third kappa shape index (κ3) is 5.60. The Morgan fingerprint density at radius 3 is 2.52 bits per heavy atom. The highest BCUT2D eigenvalue weighted by atomic mass is 32.2. The molecule has 0 spiro atoms. The molecule has 2 rings (SSSR count). The Kier molecular flexibility index (Phi) is 5.94. The smallest absolute Gasteiger partial charge is 0.406 e. The Morgan fingerprint density at radius 1 is 1.32 bits per heavy atom. The molecule has 0 radical (unpaired) electrons. The lowest BCUT2D eigenvalue weighted by molar-refractivity contribution is -0.274. The van der Waals surface area contributed by atoms with Gasteiger partial charge in [0, 0.05) is 30.8 Å². The van der Waals surface area contributed by atoms with Crippen molar-refractivity contribution in [3.8, 4) is 5.75 Å². The van der Waals surface area contributed by atoms with Gasteiger partial charge in [0.2, 0.25) is 15.9 Å². The lowest BCUT2D eigenvalue weighted by atomic mass is 9.97. The van der Waals surface area contributed by atoms with Crippen LogP contribution in [0.2, 0.25) is 0 Å². The molecule has 0 aromatic heterocycles. The zero-order valence-electron chi connectivity index (χ0n) is 13.5. The van der Waals surface area contributed by atoms with E-state index in [4.69, 9.17) is 0 Å². The van der Waals surface area contributed by atoms with Crippen molar-refractivity contribution in [1.82, 2.24) is 4.31 Å². The number of alkyl halides is 3. The van der Waals surface area contributed by atoms with E-state index >= 15 is 0 Å². The first-order chi connectivity index (χ1) is 11.6. The molecule has 0 aliphatic carbocycles. The molecule has 10 heteroatoms. The first kappa shape index (κ1) is 19.5. The summed E-state index contributed by atoms with van der Waals surface area (Å²) in [5.41, 5.74) is 0.190. The Hall–Kier alpha value is -1.81. The van der Waals surface area contributed by atoms with E-state index in [2.05, 4.69) is 10.1 Å². The molecule has 0 unspecified atom stereocenters. The van der Waals surface area contributed by atoms with Gasteiger partial charge in [-0.25, -0.2) is 12.7 Å². The summed E-state index contributed by atoms with van der Waals surface area (Å²) >= 11 is 0. The molecule has 1 saturated heterocycles. The fraction of sp³-hybridized carbons (Fsp3) is 0.533. The van der Waals surface area contributed by atoms with Crippen molar-refractivity contribution in [3.63, 3.8) is 0 Å². The number of rotatable bonds is 5. The Labute approximate surface area is 144 Å². The van der Waals surface area contributed by atoms with Crippen molar-refractivity contribution in [2.24, 2.45) is 5.92 Å². The van der Waals surface area contributed by atoms with Gasteiger partial charge in [-0.05, 0) is 31.9 Å². The second-order valence-electron chi connectivity index (χ2n) is 5.64. The van der Waals surface area contributed by atoms with E-state index in [-0.39, 0.29) is 30.4 Å². The van der Waals surface area contributed by atoms with Crippen molar-refractivity contribution in [2.45, 2.75) is 26.1 Å². The molecule has 1 amide bonds. The van der Waals surface area contributed by atoms with Crippen LogP contribution in [-0.2, 0) is 14.8 Å². The van der Waals surface area contributed by atoms with Gasteiger partial charge < -0.3 is 10.1 Å². The Bertz CT molecular complexity index is 714. The van der Waals surface area contributed by atoms with E-state index in [9.17, 15) is 26.4 Å². The normalized spacial score (nSPS) is 17.3. The summed E-state index contributed by atoms with van der Waals surface area (Å²) in [7, 11) is -3.27. The van der Waals surface area contributed by atoms with Crippen molar-refractivity contribution in [1.29, 1.82) is 0 Å². The molecule has 0 bridgehead atoms. The topological polar surface area (TPSA) is 75.7 Å². The number of nitrogens with one attached hydrogen (secondary N) is 1. The van der Waals surface area contributed by atoms with E-state index in [1.807, 2.05) is 0 Å². The fourth-order valence-electron chi connectivity index (χ4n) is 2.59. The number of hydrogen-bond acceptors (Lipinski definition) is 4. The van der Waals surface area contributed by atoms with Crippen LogP contribution in [0.25, 0.3) is 0 Å². The lowest BCUT2D eigenvalue weighted by Crippen LogP contribution is -2.42. The number of carbonyl (C=O) groups is 1. The molecular weight excluding hydrogens is 361 g/mol.